The molecule has 0 saturated carbocycles. The van der Waals surface area contributed by atoms with Crippen LogP contribution >= 0.6 is 0 Å². The Bertz CT molecular complexity index is 613. The van der Waals surface area contributed by atoms with E-state index in [1.54, 1.807) is 12.4 Å². The van der Waals surface area contributed by atoms with Gasteiger partial charge in [0.1, 0.15) is 5.58 Å². The van der Waals surface area contributed by atoms with Crippen LogP contribution in [0.4, 0.5) is 5.69 Å². The first-order valence-corrected chi connectivity index (χ1v) is 4.36. The third-order valence-corrected chi connectivity index (χ3v) is 2.30. The van der Waals surface area contributed by atoms with Gasteiger partial charge in [-0.3, -0.25) is 4.98 Å². The molecule has 0 aliphatic rings. The molecule has 0 spiro atoms. The Labute approximate surface area is 80.1 Å². The summed E-state index contributed by atoms with van der Waals surface area (Å²) in [5.74, 6) is 0. The fourth-order valence-electron chi connectivity index (χ4n) is 1.65. The SMILES string of the molecule is Nc1ccc2oc3cnccc3c2c1. The molecule has 3 nitrogen and oxygen atoms in total. The lowest BCUT2D eigenvalue weighted by molar-refractivity contribution is 0.667. The lowest BCUT2D eigenvalue weighted by Gasteiger charge is -1.91. The number of nitrogens with zero attached hydrogens (tertiary/aromatic N) is 1. The molecule has 3 heteroatoms. The second kappa shape index (κ2) is 2.48. The summed E-state index contributed by atoms with van der Waals surface area (Å²) in [6, 6.07) is 7.56. The maximum Gasteiger partial charge on any atom is 0.153 e. The lowest BCUT2D eigenvalue weighted by Crippen LogP contribution is -1.81. The van der Waals surface area contributed by atoms with Crippen molar-refractivity contribution in [2.45, 2.75) is 0 Å². The van der Waals surface area contributed by atoms with E-state index in [4.69, 9.17) is 10.2 Å². The van der Waals surface area contributed by atoms with Gasteiger partial charge in [0.2, 0.25) is 0 Å². The molecule has 0 atom stereocenters. The number of furan rings is 1. The van der Waals surface area contributed by atoms with Crippen molar-refractivity contribution in [1.29, 1.82) is 0 Å². The second-order valence-corrected chi connectivity index (χ2v) is 3.23. The van der Waals surface area contributed by atoms with Crippen molar-refractivity contribution < 1.29 is 4.42 Å². The maximum atomic E-state index is 5.72. The van der Waals surface area contributed by atoms with Crippen molar-refractivity contribution in [2.75, 3.05) is 5.73 Å². The molecular weight excluding hydrogens is 176 g/mol. The molecule has 0 amide bonds. The third kappa shape index (κ3) is 0.893. The van der Waals surface area contributed by atoms with E-state index < -0.39 is 0 Å². The Balaban J connectivity index is 2.58. The topological polar surface area (TPSA) is 52.0 Å². The maximum absolute atomic E-state index is 5.72. The van der Waals surface area contributed by atoms with Crippen molar-refractivity contribution in [3.05, 3.63) is 36.7 Å². The van der Waals surface area contributed by atoms with Gasteiger partial charge in [0, 0.05) is 22.7 Å². The van der Waals surface area contributed by atoms with E-state index in [0.29, 0.717) is 0 Å². The van der Waals surface area contributed by atoms with Crippen LogP contribution in [0.5, 0.6) is 0 Å². The number of fused-ring (bicyclic) bond motifs is 3. The van der Waals surface area contributed by atoms with E-state index in [9.17, 15) is 0 Å². The highest BCUT2D eigenvalue weighted by atomic mass is 16.3. The first kappa shape index (κ1) is 7.38. The average molecular weight is 184 g/mol. The number of aromatic nitrogens is 1. The quantitative estimate of drug-likeness (QED) is 0.546. The summed E-state index contributed by atoms with van der Waals surface area (Å²) in [6.07, 6.45) is 3.46. The Morgan fingerprint density at radius 1 is 1.07 bits per heavy atom. The van der Waals surface area contributed by atoms with E-state index in [1.807, 2.05) is 24.3 Å². The largest absolute Gasteiger partial charge is 0.454 e. The number of pyridine rings is 1. The predicted octanol–water partition coefficient (Wildman–Crippen LogP) is 2.56. The molecule has 0 aliphatic carbocycles. The van der Waals surface area contributed by atoms with Gasteiger partial charge in [-0.25, -0.2) is 0 Å². The van der Waals surface area contributed by atoms with Gasteiger partial charge in [-0.15, -0.1) is 0 Å². The Morgan fingerprint density at radius 3 is 2.93 bits per heavy atom. The van der Waals surface area contributed by atoms with E-state index in [2.05, 4.69) is 4.98 Å². The van der Waals surface area contributed by atoms with Crippen LogP contribution in [0.1, 0.15) is 0 Å². The Kier molecular flexibility index (Phi) is 1.31. The minimum absolute atomic E-state index is 0.747. The molecule has 1 aromatic carbocycles. The van der Waals surface area contributed by atoms with Crippen LogP contribution in [0.3, 0.4) is 0 Å². The van der Waals surface area contributed by atoms with Gasteiger partial charge in [0.25, 0.3) is 0 Å². The van der Waals surface area contributed by atoms with E-state index in [0.717, 1.165) is 27.6 Å². The van der Waals surface area contributed by atoms with Crippen molar-refractivity contribution in [2.24, 2.45) is 0 Å². The molecule has 14 heavy (non-hydrogen) atoms. The molecule has 3 rings (SSSR count). The molecule has 0 saturated heterocycles. The van der Waals surface area contributed by atoms with E-state index in [1.165, 1.54) is 0 Å². The van der Waals surface area contributed by atoms with E-state index in [-0.39, 0.29) is 0 Å². The molecule has 0 fully saturated rings. The standard InChI is InChI=1S/C11H8N2O/c12-7-1-2-10-9(5-7)8-3-4-13-6-11(8)14-10/h1-6H,12H2. The molecule has 0 unspecified atom stereocenters. The number of hydrogen-bond acceptors (Lipinski definition) is 3. The van der Waals surface area contributed by atoms with Gasteiger partial charge in [-0.2, -0.15) is 0 Å². The number of hydrogen-bond donors (Lipinski definition) is 1. The van der Waals surface area contributed by atoms with Crippen molar-refractivity contribution >= 4 is 27.6 Å². The molecular formula is C11H8N2O. The summed E-state index contributed by atoms with van der Waals surface area (Å²) < 4.78 is 5.59. The van der Waals surface area contributed by atoms with Crippen LogP contribution in [0, 0.1) is 0 Å². The third-order valence-electron chi connectivity index (χ3n) is 2.30. The van der Waals surface area contributed by atoms with Gasteiger partial charge in [0.05, 0.1) is 6.20 Å². The molecule has 0 aliphatic heterocycles. The minimum atomic E-state index is 0.747. The van der Waals surface area contributed by atoms with Crippen LogP contribution in [0.2, 0.25) is 0 Å². The summed E-state index contributed by atoms with van der Waals surface area (Å²) in [4.78, 5) is 4.01. The van der Waals surface area contributed by atoms with Gasteiger partial charge in [-0.1, -0.05) is 0 Å². The van der Waals surface area contributed by atoms with Crippen molar-refractivity contribution in [3.8, 4) is 0 Å². The summed E-state index contributed by atoms with van der Waals surface area (Å²) in [7, 11) is 0. The first-order chi connectivity index (χ1) is 6.84. The van der Waals surface area contributed by atoms with E-state index >= 15 is 0 Å². The lowest BCUT2D eigenvalue weighted by atomic mass is 10.2. The van der Waals surface area contributed by atoms with Crippen LogP contribution in [0.25, 0.3) is 21.9 Å². The Hall–Kier alpha value is -2.03. The minimum Gasteiger partial charge on any atom is -0.454 e. The molecule has 3 aromatic rings. The predicted molar refractivity (Wildman–Crippen MR) is 55.9 cm³/mol. The van der Waals surface area contributed by atoms with Crippen LogP contribution < -0.4 is 5.73 Å². The zero-order chi connectivity index (χ0) is 9.54. The molecule has 2 heterocycles. The highest BCUT2D eigenvalue weighted by molar-refractivity contribution is 6.05. The number of nitrogens with two attached hydrogens (primary N) is 1. The fraction of sp³-hybridized carbons (Fsp3) is 0. The number of rotatable bonds is 0. The zero-order valence-electron chi connectivity index (χ0n) is 7.40. The van der Waals surface area contributed by atoms with Gasteiger partial charge < -0.3 is 10.2 Å². The summed E-state index contributed by atoms with van der Waals surface area (Å²) in [5, 5.41) is 2.10. The molecule has 2 aromatic heterocycles. The van der Waals surface area contributed by atoms with Gasteiger partial charge >= 0.3 is 0 Å². The van der Waals surface area contributed by atoms with Crippen LogP contribution in [-0.4, -0.2) is 4.98 Å². The smallest absolute Gasteiger partial charge is 0.153 e. The Morgan fingerprint density at radius 2 is 2.00 bits per heavy atom. The van der Waals surface area contributed by atoms with Gasteiger partial charge in [-0.05, 0) is 24.3 Å². The van der Waals surface area contributed by atoms with Crippen LogP contribution in [-0.2, 0) is 0 Å². The van der Waals surface area contributed by atoms with Crippen molar-refractivity contribution in [3.63, 3.8) is 0 Å². The molecule has 0 radical (unpaired) electrons. The number of benzene rings is 1. The zero-order valence-corrected chi connectivity index (χ0v) is 7.40. The summed E-state index contributed by atoms with van der Waals surface area (Å²) in [6.45, 7) is 0. The number of anilines is 1. The van der Waals surface area contributed by atoms with Crippen LogP contribution in [0.15, 0.2) is 41.1 Å². The molecule has 0 bridgehead atoms. The molecule has 68 valence electrons. The summed E-state index contributed by atoms with van der Waals surface area (Å²) in [5.41, 5.74) is 8.11. The second-order valence-electron chi connectivity index (χ2n) is 3.23. The first-order valence-electron chi connectivity index (χ1n) is 4.36. The normalized spacial score (nSPS) is 11.1. The fourth-order valence-corrected chi connectivity index (χ4v) is 1.65. The highest BCUT2D eigenvalue weighted by Crippen LogP contribution is 2.28. The summed E-state index contributed by atoms with van der Waals surface area (Å²) >= 11 is 0. The number of nitrogen functional groups attached to an aromatic ring is 1. The average Bonchev–Trinajstić information content (AvgIpc) is 2.56. The highest BCUT2D eigenvalue weighted by Gasteiger charge is 2.05. The monoisotopic (exact) mass is 184 g/mol. The molecule has 2 N–H and O–H groups in total. The van der Waals surface area contributed by atoms with Crippen molar-refractivity contribution in [1.82, 2.24) is 4.98 Å². The van der Waals surface area contributed by atoms with Gasteiger partial charge in [0.15, 0.2) is 5.58 Å².